The van der Waals surface area contributed by atoms with Crippen molar-refractivity contribution in [3.63, 3.8) is 0 Å². The molecule has 0 unspecified atom stereocenters. The Balaban J connectivity index is 3.40. The normalized spacial score (nSPS) is 10.8. The zero-order chi connectivity index (χ0) is 7.98. The van der Waals surface area contributed by atoms with Gasteiger partial charge in [-0.15, -0.1) is 0 Å². The molecule has 0 rings (SSSR count). The van der Waals surface area contributed by atoms with E-state index in [1.165, 1.54) is 6.08 Å². The average Bonchev–Trinajstić information content (AvgIpc) is 1.85. The molecule has 1 N–H and O–H groups in total. The van der Waals surface area contributed by atoms with E-state index in [0.717, 1.165) is 6.54 Å². The number of hydrogen-bond donors (Lipinski definition) is 1. The minimum atomic E-state index is -0.0504. The minimum Gasteiger partial charge on any atom is -0.352 e. The van der Waals surface area contributed by atoms with Crippen LogP contribution in [-0.4, -0.2) is 12.5 Å². The summed E-state index contributed by atoms with van der Waals surface area (Å²) in [7, 11) is 0. The fourth-order valence-corrected chi connectivity index (χ4v) is 0.661. The van der Waals surface area contributed by atoms with Crippen molar-refractivity contribution >= 4 is 21.8 Å². The SMILES string of the molecule is CC(C)CNC(=O)/C=C/Br. The fourth-order valence-electron chi connectivity index (χ4n) is 0.421. The third-order valence-electron chi connectivity index (χ3n) is 0.899. The van der Waals surface area contributed by atoms with Gasteiger partial charge in [-0.1, -0.05) is 29.8 Å². The molecule has 0 aliphatic heterocycles. The molecule has 0 saturated heterocycles. The third kappa shape index (κ3) is 5.82. The van der Waals surface area contributed by atoms with Crippen molar-refractivity contribution in [2.24, 2.45) is 5.92 Å². The molecule has 1 amide bonds. The Kier molecular flexibility index (Phi) is 5.30. The molecule has 0 atom stereocenters. The summed E-state index contributed by atoms with van der Waals surface area (Å²) in [6, 6.07) is 0. The molecule has 58 valence electrons. The highest BCUT2D eigenvalue weighted by Crippen LogP contribution is 1.87. The van der Waals surface area contributed by atoms with E-state index < -0.39 is 0 Å². The highest BCUT2D eigenvalue weighted by atomic mass is 79.9. The van der Waals surface area contributed by atoms with E-state index in [4.69, 9.17) is 0 Å². The Morgan fingerprint density at radius 3 is 2.70 bits per heavy atom. The summed E-state index contributed by atoms with van der Waals surface area (Å²) < 4.78 is 0. The molecule has 0 aromatic heterocycles. The van der Waals surface area contributed by atoms with Gasteiger partial charge in [0.1, 0.15) is 0 Å². The van der Waals surface area contributed by atoms with Gasteiger partial charge in [-0.05, 0) is 10.9 Å². The first-order valence-corrected chi connectivity index (χ1v) is 4.13. The maximum atomic E-state index is 10.7. The van der Waals surface area contributed by atoms with Gasteiger partial charge in [0, 0.05) is 12.6 Å². The Morgan fingerprint density at radius 1 is 1.70 bits per heavy atom. The molecule has 0 bridgehead atoms. The Bertz CT molecular complexity index is 132. The van der Waals surface area contributed by atoms with Gasteiger partial charge >= 0.3 is 0 Å². The second kappa shape index (κ2) is 5.47. The molecule has 0 aromatic carbocycles. The van der Waals surface area contributed by atoms with Crippen LogP contribution < -0.4 is 5.32 Å². The molecular weight excluding hydrogens is 194 g/mol. The molecule has 0 aliphatic rings. The number of carbonyl (C=O) groups excluding carboxylic acids is 1. The van der Waals surface area contributed by atoms with Crippen LogP contribution >= 0.6 is 15.9 Å². The monoisotopic (exact) mass is 205 g/mol. The zero-order valence-corrected chi connectivity index (χ0v) is 7.81. The van der Waals surface area contributed by atoms with Crippen molar-refractivity contribution in [3.8, 4) is 0 Å². The molecule has 3 heteroatoms. The van der Waals surface area contributed by atoms with Gasteiger partial charge < -0.3 is 5.32 Å². The summed E-state index contributed by atoms with van der Waals surface area (Å²) in [5, 5.41) is 2.73. The van der Waals surface area contributed by atoms with E-state index in [1.54, 1.807) is 4.99 Å². The summed E-state index contributed by atoms with van der Waals surface area (Å²) in [4.78, 5) is 12.3. The van der Waals surface area contributed by atoms with Gasteiger partial charge in [0.2, 0.25) is 5.91 Å². The molecule has 0 spiro atoms. The summed E-state index contributed by atoms with van der Waals surface area (Å²) in [5.41, 5.74) is 0. The fraction of sp³-hybridized carbons (Fsp3) is 0.571. The average molecular weight is 206 g/mol. The van der Waals surface area contributed by atoms with Gasteiger partial charge in [0.15, 0.2) is 0 Å². The largest absolute Gasteiger partial charge is 0.352 e. The van der Waals surface area contributed by atoms with Crippen LogP contribution in [0.15, 0.2) is 11.1 Å². The van der Waals surface area contributed by atoms with Crippen LogP contribution in [0.3, 0.4) is 0 Å². The van der Waals surface area contributed by atoms with Crippen molar-refractivity contribution in [2.75, 3.05) is 6.54 Å². The maximum Gasteiger partial charge on any atom is 0.244 e. The van der Waals surface area contributed by atoms with Crippen LogP contribution in [0.5, 0.6) is 0 Å². The van der Waals surface area contributed by atoms with E-state index in [9.17, 15) is 4.79 Å². The smallest absolute Gasteiger partial charge is 0.244 e. The predicted molar refractivity (Wildman–Crippen MR) is 45.9 cm³/mol. The van der Waals surface area contributed by atoms with Crippen molar-refractivity contribution < 1.29 is 4.79 Å². The minimum absolute atomic E-state index is 0.0504. The van der Waals surface area contributed by atoms with E-state index in [1.807, 2.05) is 0 Å². The Labute approximate surface area is 69.8 Å². The van der Waals surface area contributed by atoms with Crippen LogP contribution in [-0.2, 0) is 4.79 Å². The number of hydrogen-bond acceptors (Lipinski definition) is 1. The first-order valence-electron chi connectivity index (χ1n) is 3.21. The molecule has 0 aliphatic carbocycles. The number of halogens is 1. The van der Waals surface area contributed by atoms with Crippen molar-refractivity contribution in [1.82, 2.24) is 5.32 Å². The van der Waals surface area contributed by atoms with Crippen molar-refractivity contribution in [1.29, 1.82) is 0 Å². The Morgan fingerprint density at radius 2 is 2.30 bits per heavy atom. The second-order valence-corrected chi connectivity index (χ2v) is 2.96. The molecule has 0 radical (unpaired) electrons. The lowest BCUT2D eigenvalue weighted by molar-refractivity contribution is -0.116. The summed E-state index contributed by atoms with van der Waals surface area (Å²) >= 11 is 3.02. The highest BCUT2D eigenvalue weighted by Gasteiger charge is 1.95. The lowest BCUT2D eigenvalue weighted by atomic mass is 10.2. The number of carbonyl (C=O) groups is 1. The second-order valence-electron chi connectivity index (χ2n) is 2.43. The summed E-state index contributed by atoms with van der Waals surface area (Å²) in [6.07, 6.45) is 1.45. The van der Waals surface area contributed by atoms with Crippen LogP contribution in [0, 0.1) is 5.92 Å². The Hall–Kier alpha value is -0.310. The van der Waals surface area contributed by atoms with Crippen LogP contribution in [0.25, 0.3) is 0 Å². The first-order chi connectivity index (χ1) is 4.66. The lowest BCUT2D eigenvalue weighted by Gasteiger charge is -2.03. The molecular formula is C7H12BrNO. The van der Waals surface area contributed by atoms with E-state index in [0.29, 0.717) is 5.92 Å². The zero-order valence-electron chi connectivity index (χ0n) is 6.23. The number of rotatable bonds is 3. The van der Waals surface area contributed by atoms with Crippen LogP contribution in [0.4, 0.5) is 0 Å². The maximum absolute atomic E-state index is 10.7. The van der Waals surface area contributed by atoms with Gasteiger partial charge in [-0.2, -0.15) is 0 Å². The van der Waals surface area contributed by atoms with Gasteiger partial charge in [0.25, 0.3) is 0 Å². The predicted octanol–water partition coefficient (Wildman–Crippen LogP) is 1.67. The highest BCUT2D eigenvalue weighted by molar-refractivity contribution is 9.11. The van der Waals surface area contributed by atoms with Crippen LogP contribution in [0.2, 0.25) is 0 Å². The quantitative estimate of drug-likeness (QED) is 0.699. The topological polar surface area (TPSA) is 29.1 Å². The van der Waals surface area contributed by atoms with E-state index >= 15 is 0 Å². The molecule has 0 fully saturated rings. The van der Waals surface area contributed by atoms with Gasteiger partial charge in [-0.3, -0.25) is 4.79 Å². The first kappa shape index (κ1) is 9.69. The number of nitrogens with one attached hydrogen (secondary N) is 1. The molecule has 10 heavy (non-hydrogen) atoms. The lowest BCUT2D eigenvalue weighted by Crippen LogP contribution is -2.25. The molecule has 0 saturated carbocycles. The van der Waals surface area contributed by atoms with Crippen molar-refractivity contribution in [2.45, 2.75) is 13.8 Å². The molecule has 0 aromatic rings. The van der Waals surface area contributed by atoms with E-state index in [-0.39, 0.29) is 5.91 Å². The van der Waals surface area contributed by atoms with Gasteiger partial charge in [-0.25, -0.2) is 0 Å². The van der Waals surface area contributed by atoms with Gasteiger partial charge in [0.05, 0.1) is 0 Å². The summed E-state index contributed by atoms with van der Waals surface area (Å²) in [5.74, 6) is 0.457. The van der Waals surface area contributed by atoms with Crippen LogP contribution in [0.1, 0.15) is 13.8 Å². The molecule has 2 nitrogen and oxygen atoms in total. The molecule has 0 heterocycles. The van der Waals surface area contributed by atoms with E-state index in [2.05, 4.69) is 35.1 Å². The third-order valence-corrected chi connectivity index (χ3v) is 1.16. The number of amides is 1. The summed E-state index contributed by atoms with van der Waals surface area (Å²) in [6.45, 7) is 4.84. The van der Waals surface area contributed by atoms with Crippen molar-refractivity contribution in [3.05, 3.63) is 11.1 Å². The standard InChI is InChI=1S/C7H12BrNO/c1-6(2)5-9-7(10)3-4-8/h3-4,6H,5H2,1-2H3,(H,9,10)/b4-3+.